The summed E-state index contributed by atoms with van der Waals surface area (Å²) in [5.74, 6) is 0.204. The molecule has 0 N–H and O–H groups in total. The molecule has 0 unspecified atom stereocenters. The summed E-state index contributed by atoms with van der Waals surface area (Å²) in [6, 6.07) is 2.14. The number of thiophene rings is 1. The number of fused-ring (bicyclic) bond motifs is 1. The van der Waals surface area contributed by atoms with Gasteiger partial charge in [0.2, 0.25) is 0 Å². The van der Waals surface area contributed by atoms with Crippen LogP contribution >= 0.6 is 27.3 Å². The number of aryl methyl sites for hydroxylation is 2. The second-order valence-electron chi connectivity index (χ2n) is 4.69. The summed E-state index contributed by atoms with van der Waals surface area (Å²) in [6.07, 6.45) is 6.20. The molecule has 0 spiro atoms. The van der Waals surface area contributed by atoms with E-state index >= 15 is 0 Å². The average molecular weight is 330 g/mol. The molecule has 1 aromatic rings. The van der Waals surface area contributed by atoms with Crippen molar-refractivity contribution in [3.05, 3.63) is 21.4 Å². The van der Waals surface area contributed by atoms with Crippen molar-refractivity contribution < 1.29 is 4.79 Å². The van der Waals surface area contributed by atoms with E-state index in [4.69, 9.17) is 0 Å². The van der Waals surface area contributed by atoms with E-state index in [1.807, 2.05) is 11.8 Å². The number of hydrogen-bond acceptors (Lipinski definition) is 2. The molecule has 2 rings (SSSR count). The number of nitrogens with zero attached hydrogens (tertiary/aromatic N) is 1. The van der Waals surface area contributed by atoms with Gasteiger partial charge in [-0.3, -0.25) is 4.79 Å². The lowest BCUT2D eigenvalue weighted by Gasteiger charge is -2.18. The molecule has 0 atom stereocenters. The molecule has 0 fully saturated rings. The van der Waals surface area contributed by atoms with Gasteiger partial charge in [0.1, 0.15) is 0 Å². The number of amides is 1. The fourth-order valence-electron chi connectivity index (χ4n) is 2.43. The van der Waals surface area contributed by atoms with Gasteiger partial charge < -0.3 is 4.90 Å². The second kappa shape index (κ2) is 6.71. The minimum absolute atomic E-state index is 0.204. The van der Waals surface area contributed by atoms with Crippen molar-refractivity contribution in [2.45, 2.75) is 39.0 Å². The van der Waals surface area contributed by atoms with Gasteiger partial charge in [-0.25, -0.2) is 0 Å². The Morgan fingerprint density at radius 3 is 2.89 bits per heavy atom. The molecule has 100 valence electrons. The van der Waals surface area contributed by atoms with Crippen molar-refractivity contribution in [2.75, 3.05) is 18.4 Å². The zero-order valence-electron chi connectivity index (χ0n) is 10.9. The highest BCUT2D eigenvalue weighted by Crippen LogP contribution is 2.29. The smallest absolute Gasteiger partial charge is 0.263 e. The zero-order chi connectivity index (χ0) is 13.0. The topological polar surface area (TPSA) is 20.3 Å². The Labute approximate surface area is 122 Å². The van der Waals surface area contributed by atoms with Crippen LogP contribution in [-0.2, 0) is 12.8 Å². The Kier molecular flexibility index (Phi) is 5.25. The van der Waals surface area contributed by atoms with Crippen LogP contribution in [0.2, 0.25) is 0 Å². The summed E-state index contributed by atoms with van der Waals surface area (Å²) < 4.78 is 0. The van der Waals surface area contributed by atoms with Gasteiger partial charge in [0.15, 0.2) is 0 Å². The van der Waals surface area contributed by atoms with Crippen molar-refractivity contribution >= 4 is 33.2 Å². The molecule has 1 heterocycles. The maximum absolute atomic E-state index is 12.4. The van der Waals surface area contributed by atoms with E-state index in [1.165, 1.54) is 29.7 Å². The third kappa shape index (κ3) is 3.15. The monoisotopic (exact) mass is 329 g/mol. The van der Waals surface area contributed by atoms with Crippen LogP contribution in [0.4, 0.5) is 0 Å². The molecule has 0 aliphatic heterocycles. The molecule has 1 aliphatic carbocycles. The molecule has 0 saturated heterocycles. The number of rotatable bonds is 4. The molecule has 4 heteroatoms. The van der Waals surface area contributed by atoms with E-state index in [1.54, 1.807) is 11.3 Å². The van der Waals surface area contributed by atoms with Crippen LogP contribution in [0.15, 0.2) is 6.07 Å². The quantitative estimate of drug-likeness (QED) is 0.606. The molecule has 0 saturated carbocycles. The summed E-state index contributed by atoms with van der Waals surface area (Å²) in [4.78, 5) is 16.7. The van der Waals surface area contributed by atoms with Gasteiger partial charge in [0.25, 0.3) is 5.91 Å². The van der Waals surface area contributed by atoms with Crippen LogP contribution < -0.4 is 0 Å². The first-order chi connectivity index (χ1) is 8.76. The van der Waals surface area contributed by atoms with Crippen LogP contribution in [0.1, 0.15) is 46.3 Å². The Hall–Kier alpha value is -0.350. The van der Waals surface area contributed by atoms with Gasteiger partial charge in [-0.05, 0) is 44.2 Å². The molecule has 18 heavy (non-hydrogen) atoms. The van der Waals surface area contributed by atoms with E-state index in [2.05, 4.69) is 22.0 Å². The van der Waals surface area contributed by atoms with E-state index < -0.39 is 0 Å². The molecule has 1 aliphatic rings. The SMILES string of the molecule is CCN(CCBr)C(=O)c1cc2c(s1)CCCCC2. The number of halogens is 1. The fraction of sp³-hybridized carbons (Fsp3) is 0.643. The highest BCUT2D eigenvalue weighted by atomic mass is 79.9. The molecular formula is C14H20BrNOS. The van der Waals surface area contributed by atoms with Crippen molar-refractivity contribution in [1.82, 2.24) is 4.90 Å². The van der Waals surface area contributed by atoms with E-state index in [9.17, 15) is 4.79 Å². The third-order valence-corrected chi connectivity index (χ3v) is 5.06. The minimum atomic E-state index is 0.204. The molecular weight excluding hydrogens is 310 g/mol. The maximum Gasteiger partial charge on any atom is 0.263 e. The van der Waals surface area contributed by atoms with Gasteiger partial charge >= 0.3 is 0 Å². The van der Waals surface area contributed by atoms with Gasteiger partial charge in [-0.1, -0.05) is 22.4 Å². The Morgan fingerprint density at radius 2 is 2.17 bits per heavy atom. The van der Waals surface area contributed by atoms with Crippen LogP contribution in [-0.4, -0.2) is 29.2 Å². The van der Waals surface area contributed by atoms with Crippen molar-refractivity contribution in [3.63, 3.8) is 0 Å². The fourth-order valence-corrected chi connectivity index (χ4v) is 4.08. The molecule has 0 aromatic carbocycles. The first kappa shape index (κ1) is 14.1. The predicted molar refractivity (Wildman–Crippen MR) is 80.9 cm³/mol. The standard InChI is InChI=1S/C14H20BrNOS/c1-2-16(9-8-15)14(17)13-10-11-6-4-3-5-7-12(11)18-13/h10H,2-9H2,1H3. The second-order valence-corrected chi connectivity index (χ2v) is 6.62. The van der Waals surface area contributed by atoms with Gasteiger partial charge in [0, 0.05) is 23.3 Å². The lowest BCUT2D eigenvalue weighted by Crippen LogP contribution is -2.31. The normalized spacial score (nSPS) is 15.0. The number of carbonyl (C=O) groups excluding carboxylic acids is 1. The Balaban J connectivity index is 2.15. The predicted octanol–water partition coefficient (Wildman–Crippen LogP) is 3.87. The van der Waals surface area contributed by atoms with Crippen LogP contribution in [0.25, 0.3) is 0 Å². The summed E-state index contributed by atoms with van der Waals surface area (Å²) in [5, 5.41) is 0.845. The van der Waals surface area contributed by atoms with E-state index in [0.29, 0.717) is 0 Å². The summed E-state index contributed by atoms with van der Waals surface area (Å²) in [7, 11) is 0. The van der Waals surface area contributed by atoms with Crippen molar-refractivity contribution in [2.24, 2.45) is 0 Å². The molecule has 0 bridgehead atoms. The molecule has 1 aromatic heterocycles. The van der Waals surface area contributed by atoms with Gasteiger partial charge in [0.05, 0.1) is 4.88 Å². The first-order valence-electron chi connectivity index (χ1n) is 6.73. The van der Waals surface area contributed by atoms with Crippen LogP contribution in [0.5, 0.6) is 0 Å². The molecule has 0 radical (unpaired) electrons. The third-order valence-electron chi connectivity index (χ3n) is 3.48. The summed E-state index contributed by atoms with van der Waals surface area (Å²) in [6.45, 7) is 3.62. The highest BCUT2D eigenvalue weighted by molar-refractivity contribution is 9.09. The largest absolute Gasteiger partial charge is 0.337 e. The van der Waals surface area contributed by atoms with E-state index in [-0.39, 0.29) is 5.91 Å². The maximum atomic E-state index is 12.4. The van der Waals surface area contributed by atoms with Gasteiger partial charge in [-0.15, -0.1) is 11.3 Å². The lowest BCUT2D eigenvalue weighted by molar-refractivity contribution is 0.0779. The zero-order valence-corrected chi connectivity index (χ0v) is 13.3. The number of alkyl halides is 1. The average Bonchev–Trinajstić information content (AvgIpc) is 2.66. The van der Waals surface area contributed by atoms with Crippen LogP contribution in [0.3, 0.4) is 0 Å². The van der Waals surface area contributed by atoms with Crippen molar-refractivity contribution in [1.29, 1.82) is 0 Å². The highest BCUT2D eigenvalue weighted by Gasteiger charge is 2.19. The Bertz CT molecular complexity index is 392. The molecule has 1 amide bonds. The van der Waals surface area contributed by atoms with Crippen LogP contribution in [0, 0.1) is 0 Å². The summed E-state index contributed by atoms with van der Waals surface area (Å²) in [5.41, 5.74) is 1.43. The first-order valence-corrected chi connectivity index (χ1v) is 8.67. The number of carbonyl (C=O) groups is 1. The van der Waals surface area contributed by atoms with E-state index in [0.717, 1.165) is 36.1 Å². The molecule has 2 nitrogen and oxygen atoms in total. The van der Waals surface area contributed by atoms with Gasteiger partial charge in [-0.2, -0.15) is 0 Å². The lowest BCUT2D eigenvalue weighted by atomic mass is 10.1. The van der Waals surface area contributed by atoms with Crippen molar-refractivity contribution in [3.8, 4) is 0 Å². The number of hydrogen-bond donors (Lipinski definition) is 0. The minimum Gasteiger partial charge on any atom is -0.337 e. The Morgan fingerprint density at radius 1 is 1.39 bits per heavy atom. The summed E-state index contributed by atoms with van der Waals surface area (Å²) >= 11 is 5.13.